The summed E-state index contributed by atoms with van der Waals surface area (Å²) in [6.45, 7) is 7.78. The van der Waals surface area contributed by atoms with Crippen LogP contribution >= 0.6 is 0 Å². The molecule has 0 aliphatic carbocycles. The molecule has 4 nitrogen and oxygen atoms in total. The van der Waals surface area contributed by atoms with E-state index in [-0.39, 0.29) is 12.0 Å². The number of aryl methyl sites for hydroxylation is 1. The van der Waals surface area contributed by atoms with Crippen LogP contribution in [0.4, 0.5) is 11.4 Å². The van der Waals surface area contributed by atoms with Gasteiger partial charge in [0, 0.05) is 11.4 Å². The molecule has 0 saturated carbocycles. The first kappa shape index (κ1) is 15.5. The van der Waals surface area contributed by atoms with Gasteiger partial charge < -0.3 is 15.8 Å². The van der Waals surface area contributed by atoms with E-state index >= 15 is 0 Å². The lowest BCUT2D eigenvalue weighted by atomic mass is 10.1. The molecule has 0 fully saturated rings. The molecule has 19 heavy (non-hydrogen) atoms. The van der Waals surface area contributed by atoms with Crippen LogP contribution in [-0.4, -0.2) is 18.1 Å². The minimum absolute atomic E-state index is 0.0905. The summed E-state index contributed by atoms with van der Waals surface area (Å²) >= 11 is 0. The highest BCUT2D eigenvalue weighted by Crippen LogP contribution is 2.18. The molecule has 0 aromatic heterocycles. The number of hydrogen-bond acceptors (Lipinski definition) is 3. The summed E-state index contributed by atoms with van der Waals surface area (Å²) < 4.78 is 5.65. The predicted molar refractivity (Wildman–Crippen MR) is 79.1 cm³/mol. The molecule has 1 aromatic rings. The third-order valence-corrected chi connectivity index (χ3v) is 3.02. The lowest BCUT2D eigenvalue weighted by Gasteiger charge is -2.19. The molecule has 0 heterocycles. The number of carbonyl (C=O) groups excluding carboxylic acids is 1. The normalized spacial score (nSPS) is 13.9. The van der Waals surface area contributed by atoms with Gasteiger partial charge in [-0.25, -0.2) is 0 Å². The van der Waals surface area contributed by atoms with Crippen molar-refractivity contribution < 1.29 is 9.53 Å². The SMILES string of the molecule is CCCC(C)OC(C)C(=O)Nc1cc(N)ccc1C. The van der Waals surface area contributed by atoms with E-state index in [1.165, 1.54) is 0 Å². The second-order valence-corrected chi connectivity index (χ2v) is 4.94. The van der Waals surface area contributed by atoms with Gasteiger partial charge in [0.25, 0.3) is 5.91 Å². The average molecular weight is 264 g/mol. The first-order chi connectivity index (χ1) is 8.93. The maximum atomic E-state index is 12.0. The molecular weight excluding hydrogens is 240 g/mol. The minimum atomic E-state index is -0.470. The van der Waals surface area contributed by atoms with Crippen molar-refractivity contribution in [1.29, 1.82) is 0 Å². The minimum Gasteiger partial charge on any atom is -0.399 e. The molecular formula is C15H24N2O2. The Morgan fingerprint density at radius 3 is 2.74 bits per heavy atom. The number of hydrogen-bond donors (Lipinski definition) is 2. The highest BCUT2D eigenvalue weighted by molar-refractivity contribution is 5.95. The van der Waals surface area contributed by atoms with Crippen LogP contribution in [0.15, 0.2) is 18.2 Å². The van der Waals surface area contributed by atoms with E-state index < -0.39 is 6.10 Å². The van der Waals surface area contributed by atoms with Gasteiger partial charge in [-0.3, -0.25) is 4.79 Å². The lowest BCUT2D eigenvalue weighted by molar-refractivity contribution is -0.129. The Labute approximate surface area is 115 Å². The summed E-state index contributed by atoms with van der Waals surface area (Å²) in [7, 11) is 0. The smallest absolute Gasteiger partial charge is 0.253 e. The number of amides is 1. The van der Waals surface area contributed by atoms with Gasteiger partial charge in [-0.2, -0.15) is 0 Å². The molecule has 0 spiro atoms. The van der Waals surface area contributed by atoms with Gasteiger partial charge in [0.2, 0.25) is 0 Å². The van der Waals surface area contributed by atoms with Crippen LogP contribution in [-0.2, 0) is 9.53 Å². The maximum absolute atomic E-state index is 12.0. The van der Waals surface area contributed by atoms with Crippen molar-refractivity contribution in [1.82, 2.24) is 0 Å². The van der Waals surface area contributed by atoms with Crippen LogP contribution in [0.5, 0.6) is 0 Å². The van der Waals surface area contributed by atoms with Crippen molar-refractivity contribution in [3.05, 3.63) is 23.8 Å². The lowest BCUT2D eigenvalue weighted by Crippen LogP contribution is -2.31. The van der Waals surface area contributed by atoms with E-state index in [1.54, 1.807) is 13.0 Å². The molecule has 106 valence electrons. The maximum Gasteiger partial charge on any atom is 0.253 e. The third kappa shape index (κ3) is 4.91. The first-order valence-corrected chi connectivity index (χ1v) is 6.76. The largest absolute Gasteiger partial charge is 0.399 e. The standard InChI is InChI=1S/C15H24N2O2/c1-5-6-11(3)19-12(4)15(18)17-14-9-13(16)8-7-10(14)2/h7-9,11-12H,5-6,16H2,1-4H3,(H,17,18). The quantitative estimate of drug-likeness (QED) is 0.776. The third-order valence-electron chi connectivity index (χ3n) is 3.02. The monoisotopic (exact) mass is 264 g/mol. The van der Waals surface area contributed by atoms with Crippen molar-refractivity contribution in [2.24, 2.45) is 0 Å². The predicted octanol–water partition coefficient (Wildman–Crippen LogP) is 3.11. The zero-order chi connectivity index (χ0) is 14.4. The van der Waals surface area contributed by atoms with Gasteiger partial charge in [0.15, 0.2) is 0 Å². The molecule has 4 heteroatoms. The molecule has 1 amide bonds. The highest BCUT2D eigenvalue weighted by Gasteiger charge is 2.17. The summed E-state index contributed by atoms with van der Waals surface area (Å²) in [5.41, 5.74) is 8.07. The summed E-state index contributed by atoms with van der Waals surface area (Å²) in [4.78, 5) is 12.0. The summed E-state index contributed by atoms with van der Waals surface area (Å²) in [6, 6.07) is 5.46. The zero-order valence-electron chi connectivity index (χ0n) is 12.2. The van der Waals surface area contributed by atoms with Gasteiger partial charge in [-0.05, 0) is 44.9 Å². The van der Waals surface area contributed by atoms with Crippen molar-refractivity contribution in [3.63, 3.8) is 0 Å². The molecule has 0 bridgehead atoms. The van der Waals surface area contributed by atoms with Crippen molar-refractivity contribution >= 4 is 17.3 Å². The Hall–Kier alpha value is -1.55. The van der Waals surface area contributed by atoms with E-state index in [0.29, 0.717) is 5.69 Å². The first-order valence-electron chi connectivity index (χ1n) is 6.76. The number of carbonyl (C=O) groups is 1. The molecule has 2 unspecified atom stereocenters. The summed E-state index contributed by atoms with van der Waals surface area (Å²) in [5, 5.41) is 2.85. The van der Waals surface area contributed by atoms with E-state index in [9.17, 15) is 4.79 Å². The Kier molecular flexibility index (Phi) is 5.83. The molecule has 2 atom stereocenters. The van der Waals surface area contributed by atoms with Gasteiger partial charge in [0.1, 0.15) is 6.10 Å². The summed E-state index contributed by atoms with van der Waals surface area (Å²) in [5.74, 6) is -0.142. The Morgan fingerprint density at radius 2 is 2.11 bits per heavy atom. The van der Waals surface area contributed by atoms with Crippen LogP contribution in [0.3, 0.4) is 0 Å². The molecule has 0 saturated heterocycles. The fourth-order valence-electron chi connectivity index (χ4n) is 1.89. The van der Waals surface area contributed by atoms with Crippen molar-refractivity contribution in [3.8, 4) is 0 Å². The van der Waals surface area contributed by atoms with Crippen molar-refractivity contribution in [2.45, 2.75) is 52.7 Å². The number of ether oxygens (including phenoxy) is 1. The molecule has 0 aliphatic heterocycles. The van der Waals surface area contributed by atoms with E-state index in [1.807, 2.05) is 26.0 Å². The highest BCUT2D eigenvalue weighted by atomic mass is 16.5. The van der Waals surface area contributed by atoms with Crippen LogP contribution < -0.4 is 11.1 Å². The molecule has 3 N–H and O–H groups in total. The van der Waals surface area contributed by atoms with Gasteiger partial charge in [0.05, 0.1) is 6.10 Å². The molecule has 0 radical (unpaired) electrons. The van der Waals surface area contributed by atoms with Gasteiger partial charge in [-0.1, -0.05) is 19.4 Å². The summed E-state index contributed by atoms with van der Waals surface area (Å²) in [6.07, 6.45) is 1.62. The number of anilines is 2. The van der Waals surface area contributed by atoms with Gasteiger partial charge >= 0.3 is 0 Å². The number of nitrogens with two attached hydrogens (primary N) is 1. The number of nitrogens with one attached hydrogen (secondary N) is 1. The van der Waals surface area contributed by atoms with Crippen LogP contribution in [0, 0.1) is 6.92 Å². The second-order valence-electron chi connectivity index (χ2n) is 4.94. The van der Waals surface area contributed by atoms with E-state index in [0.717, 1.165) is 24.1 Å². The van der Waals surface area contributed by atoms with Crippen LogP contribution in [0.2, 0.25) is 0 Å². The zero-order valence-corrected chi connectivity index (χ0v) is 12.2. The number of nitrogen functional groups attached to an aromatic ring is 1. The molecule has 1 rings (SSSR count). The fourth-order valence-corrected chi connectivity index (χ4v) is 1.89. The number of rotatable bonds is 6. The Morgan fingerprint density at radius 1 is 1.42 bits per heavy atom. The average Bonchev–Trinajstić information content (AvgIpc) is 2.34. The van der Waals surface area contributed by atoms with E-state index in [4.69, 9.17) is 10.5 Å². The second kappa shape index (κ2) is 7.14. The Balaban J connectivity index is 2.61. The van der Waals surface area contributed by atoms with Crippen LogP contribution in [0.1, 0.15) is 39.2 Å². The number of benzene rings is 1. The van der Waals surface area contributed by atoms with Crippen molar-refractivity contribution in [2.75, 3.05) is 11.1 Å². The Bertz CT molecular complexity index is 432. The fraction of sp³-hybridized carbons (Fsp3) is 0.533. The molecule has 0 aliphatic rings. The van der Waals surface area contributed by atoms with Gasteiger partial charge in [-0.15, -0.1) is 0 Å². The molecule has 1 aromatic carbocycles. The van der Waals surface area contributed by atoms with E-state index in [2.05, 4.69) is 12.2 Å². The topological polar surface area (TPSA) is 64.3 Å². The van der Waals surface area contributed by atoms with Crippen LogP contribution in [0.25, 0.3) is 0 Å².